The standard InChI is InChI=1S/C10H19N.H2O/c1-11-8-4-6-9-5-2-3-7-10(9)11;/h9-10H,2-8H2,1H3;1H2. The van der Waals surface area contributed by atoms with Gasteiger partial charge < -0.3 is 10.4 Å². The Morgan fingerprint density at radius 2 is 1.67 bits per heavy atom. The van der Waals surface area contributed by atoms with E-state index in [0.29, 0.717) is 0 Å². The van der Waals surface area contributed by atoms with E-state index in [-0.39, 0.29) is 5.48 Å². The fourth-order valence-electron chi connectivity index (χ4n) is 2.87. The van der Waals surface area contributed by atoms with E-state index >= 15 is 0 Å². The smallest absolute Gasteiger partial charge is 0.0120 e. The fourth-order valence-corrected chi connectivity index (χ4v) is 2.87. The molecule has 0 aromatic carbocycles. The fraction of sp³-hybridized carbons (Fsp3) is 1.00. The average Bonchev–Trinajstić information content (AvgIpc) is 2.06. The van der Waals surface area contributed by atoms with E-state index in [9.17, 15) is 0 Å². The van der Waals surface area contributed by atoms with Crippen molar-refractivity contribution in [2.24, 2.45) is 5.92 Å². The number of rotatable bonds is 0. The van der Waals surface area contributed by atoms with E-state index < -0.39 is 0 Å². The lowest BCUT2D eigenvalue weighted by Gasteiger charge is -2.42. The van der Waals surface area contributed by atoms with Gasteiger partial charge >= 0.3 is 0 Å². The summed E-state index contributed by atoms with van der Waals surface area (Å²) in [5.41, 5.74) is 0. The summed E-state index contributed by atoms with van der Waals surface area (Å²) in [4.78, 5) is 2.59. The molecule has 2 nitrogen and oxygen atoms in total. The summed E-state index contributed by atoms with van der Waals surface area (Å²) in [6.07, 6.45) is 8.91. The predicted octanol–water partition coefficient (Wildman–Crippen LogP) is 1.45. The minimum atomic E-state index is 0. The van der Waals surface area contributed by atoms with Crippen LogP contribution in [0.4, 0.5) is 0 Å². The van der Waals surface area contributed by atoms with Crippen LogP contribution in [0.2, 0.25) is 0 Å². The SMILES string of the molecule is CN1CCCC2CCCCC21.O. The van der Waals surface area contributed by atoms with E-state index in [1.807, 2.05) is 0 Å². The van der Waals surface area contributed by atoms with Crippen molar-refractivity contribution in [1.82, 2.24) is 4.90 Å². The maximum atomic E-state index is 2.59. The van der Waals surface area contributed by atoms with Crippen LogP contribution in [0.5, 0.6) is 0 Å². The number of piperidine rings is 1. The number of likely N-dealkylation sites (tertiary alicyclic amines) is 1. The van der Waals surface area contributed by atoms with Gasteiger partial charge in [-0.05, 0) is 45.2 Å². The summed E-state index contributed by atoms with van der Waals surface area (Å²) >= 11 is 0. The number of nitrogens with zero attached hydrogens (tertiary/aromatic N) is 1. The lowest BCUT2D eigenvalue weighted by atomic mass is 9.79. The first kappa shape index (κ1) is 10.0. The van der Waals surface area contributed by atoms with Crippen molar-refractivity contribution in [3.63, 3.8) is 0 Å². The predicted molar refractivity (Wildman–Crippen MR) is 51.2 cm³/mol. The zero-order valence-corrected chi connectivity index (χ0v) is 8.05. The molecule has 2 fully saturated rings. The van der Waals surface area contributed by atoms with Gasteiger partial charge in [0.2, 0.25) is 0 Å². The summed E-state index contributed by atoms with van der Waals surface area (Å²) in [6.45, 7) is 1.35. The van der Waals surface area contributed by atoms with Gasteiger partial charge in [0.25, 0.3) is 0 Å². The molecule has 0 radical (unpaired) electrons. The van der Waals surface area contributed by atoms with E-state index in [1.54, 1.807) is 0 Å². The third-order valence-corrected chi connectivity index (χ3v) is 3.52. The molecule has 0 aromatic heterocycles. The second-order valence-corrected chi connectivity index (χ2v) is 4.23. The van der Waals surface area contributed by atoms with Crippen molar-refractivity contribution in [3.05, 3.63) is 0 Å². The number of hydrogen-bond acceptors (Lipinski definition) is 1. The van der Waals surface area contributed by atoms with Crippen LogP contribution < -0.4 is 0 Å². The van der Waals surface area contributed by atoms with Crippen molar-refractivity contribution >= 4 is 0 Å². The Balaban J connectivity index is 0.000000720. The first-order chi connectivity index (χ1) is 5.38. The van der Waals surface area contributed by atoms with Crippen LogP contribution in [-0.4, -0.2) is 30.0 Å². The Morgan fingerprint density at radius 3 is 2.42 bits per heavy atom. The third-order valence-electron chi connectivity index (χ3n) is 3.52. The second kappa shape index (κ2) is 4.24. The van der Waals surface area contributed by atoms with Gasteiger partial charge in [-0.1, -0.05) is 12.8 Å². The molecule has 1 saturated carbocycles. The van der Waals surface area contributed by atoms with Crippen LogP contribution in [0.15, 0.2) is 0 Å². The molecule has 1 aliphatic carbocycles. The Morgan fingerprint density at radius 1 is 1.00 bits per heavy atom. The Bertz CT molecular complexity index is 136. The molecular formula is C10H21NO. The van der Waals surface area contributed by atoms with Crippen LogP contribution in [0, 0.1) is 5.92 Å². The minimum absolute atomic E-state index is 0. The molecule has 72 valence electrons. The van der Waals surface area contributed by atoms with Crippen LogP contribution in [0.3, 0.4) is 0 Å². The van der Waals surface area contributed by atoms with Gasteiger partial charge in [-0.25, -0.2) is 0 Å². The molecule has 0 spiro atoms. The molecule has 2 N–H and O–H groups in total. The molecule has 0 amide bonds. The molecule has 2 unspecified atom stereocenters. The zero-order chi connectivity index (χ0) is 7.68. The van der Waals surface area contributed by atoms with E-state index in [2.05, 4.69) is 11.9 Å². The Kier molecular flexibility index (Phi) is 3.53. The first-order valence-electron chi connectivity index (χ1n) is 5.08. The Labute approximate surface area is 75.3 Å². The first-order valence-corrected chi connectivity index (χ1v) is 5.08. The second-order valence-electron chi connectivity index (χ2n) is 4.23. The molecule has 0 aromatic rings. The quantitative estimate of drug-likeness (QED) is 0.543. The molecule has 1 aliphatic heterocycles. The molecule has 1 saturated heterocycles. The van der Waals surface area contributed by atoms with Crippen molar-refractivity contribution in [1.29, 1.82) is 0 Å². The number of fused-ring (bicyclic) bond motifs is 1. The van der Waals surface area contributed by atoms with Crippen LogP contribution in [-0.2, 0) is 0 Å². The maximum absolute atomic E-state index is 2.59. The van der Waals surface area contributed by atoms with Gasteiger partial charge in [-0.2, -0.15) is 0 Å². The molecule has 2 aliphatic rings. The van der Waals surface area contributed by atoms with Gasteiger partial charge in [0.15, 0.2) is 0 Å². The summed E-state index contributed by atoms with van der Waals surface area (Å²) in [7, 11) is 2.31. The van der Waals surface area contributed by atoms with Gasteiger partial charge in [0.05, 0.1) is 0 Å². The molecule has 2 rings (SSSR count). The molecular weight excluding hydrogens is 150 g/mol. The summed E-state index contributed by atoms with van der Waals surface area (Å²) in [5.74, 6) is 1.06. The lowest BCUT2D eigenvalue weighted by Crippen LogP contribution is -2.44. The van der Waals surface area contributed by atoms with Crippen LogP contribution in [0.1, 0.15) is 38.5 Å². The highest BCUT2D eigenvalue weighted by Gasteiger charge is 2.30. The summed E-state index contributed by atoms with van der Waals surface area (Å²) < 4.78 is 0. The topological polar surface area (TPSA) is 34.7 Å². The average molecular weight is 171 g/mol. The van der Waals surface area contributed by atoms with Crippen molar-refractivity contribution in [2.75, 3.05) is 13.6 Å². The summed E-state index contributed by atoms with van der Waals surface area (Å²) in [5, 5.41) is 0. The highest BCUT2D eigenvalue weighted by Crippen LogP contribution is 2.34. The van der Waals surface area contributed by atoms with Gasteiger partial charge in [-0.15, -0.1) is 0 Å². The third kappa shape index (κ3) is 1.80. The molecule has 1 heterocycles. The largest absolute Gasteiger partial charge is 0.412 e. The molecule has 2 atom stereocenters. The monoisotopic (exact) mass is 171 g/mol. The van der Waals surface area contributed by atoms with Gasteiger partial charge in [0, 0.05) is 6.04 Å². The molecule has 2 heteroatoms. The summed E-state index contributed by atoms with van der Waals surface area (Å²) in [6, 6.07) is 0.956. The molecule has 12 heavy (non-hydrogen) atoms. The maximum Gasteiger partial charge on any atom is 0.0120 e. The normalized spacial score (nSPS) is 36.8. The van der Waals surface area contributed by atoms with Gasteiger partial charge in [0.1, 0.15) is 0 Å². The van der Waals surface area contributed by atoms with E-state index in [1.165, 1.54) is 45.1 Å². The highest BCUT2D eigenvalue weighted by molar-refractivity contribution is 4.85. The van der Waals surface area contributed by atoms with Crippen molar-refractivity contribution in [3.8, 4) is 0 Å². The van der Waals surface area contributed by atoms with Crippen molar-refractivity contribution in [2.45, 2.75) is 44.6 Å². The lowest BCUT2D eigenvalue weighted by molar-refractivity contribution is 0.0841. The molecule has 0 bridgehead atoms. The van der Waals surface area contributed by atoms with E-state index in [4.69, 9.17) is 0 Å². The Hall–Kier alpha value is -0.0800. The van der Waals surface area contributed by atoms with Crippen LogP contribution >= 0.6 is 0 Å². The number of hydrogen-bond donors (Lipinski definition) is 0. The highest BCUT2D eigenvalue weighted by atomic mass is 16.0. The zero-order valence-electron chi connectivity index (χ0n) is 8.05. The minimum Gasteiger partial charge on any atom is -0.412 e. The van der Waals surface area contributed by atoms with Crippen molar-refractivity contribution < 1.29 is 5.48 Å². The van der Waals surface area contributed by atoms with Crippen LogP contribution in [0.25, 0.3) is 0 Å². The van der Waals surface area contributed by atoms with E-state index in [0.717, 1.165) is 12.0 Å². The van der Waals surface area contributed by atoms with Gasteiger partial charge in [-0.3, -0.25) is 0 Å².